The van der Waals surface area contributed by atoms with Crippen molar-refractivity contribution in [3.8, 4) is 0 Å². The van der Waals surface area contributed by atoms with Crippen molar-refractivity contribution in [3.05, 3.63) is 35.9 Å². The summed E-state index contributed by atoms with van der Waals surface area (Å²) in [6.45, 7) is 7.43. The third-order valence-electron chi connectivity index (χ3n) is 5.89. The number of rotatable bonds is 2. The van der Waals surface area contributed by atoms with Crippen molar-refractivity contribution < 1.29 is 9.47 Å². The monoisotopic (exact) mass is 427 g/mol. The van der Waals surface area contributed by atoms with Gasteiger partial charge in [0.2, 0.25) is 0 Å². The largest absolute Gasteiger partial charge is 0.348 e. The Hall–Kier alpha value is -0.170. The van der Waals surface area contributed by atoms with E-state index in [1.165, 1.54) is 18.7 Å². The molecule has 4 atom stereocenters. The van der Waals surface area contributed by atoms with Crippen LogP contribution in [0.1, 0.15) is 25.3 Å². The maximum absolute atomic E-state index is 6.03. The van der Waals surface area contributed by atoms with Crippen molar-refractivity contribution >= 4 is 22.6 Å². The molecule has 1 aliphatic carbocycles. The number of fused-ring (bicyclic) bond motifs is 1. The van der Waals surface area contributed by atoms with E-state index in [1.807, 2.05) is 0 Å². The molecule has 4 heteroatoms. The summed E-state index contributed by atoms with van der Waals surface area (Å²) in [6, 6.07) is 10.9. The summed E-state index contributed by atoms with van der Waals surface area (Å²) in [5.41, 5.74) is 1.43. The zero-order valence-corrected chi connectivity index (χ0v) is 15.9. The first-order chi connectivity index (χ1) is 11.2. The number of nitrogens with zero attached hydrogens (tertiary/aromatic N) is 1. The lowest BCUT2D eigenvalue weighted by Crippen LogP contribution is -2.55. The molecule has 3 nitrogen and oxygen atoms in total. The molecule has 2 aliphatic heterocycles. The highest BCUT2D eigenvalue weighted by Crippen LogP contribution is 2.49. The van der Waals surface area contributed by atoms with Crippen LogP contribution >= 0.6 is 22.6 Å². The first kappa shape index (κ1) is 16.3. The van der Waals surface area contributed by atoms with Crippen LogP contribution in [0.2, 0.25) is 0 Å². The number of alkyl halides is 1. The van der Waals surface area contributed by atoms with Crippen LogP contribution in [0, 0.1) is 17.8 Å². The van der Waals surface area contributed by atoms with Gasteiger partial charge in [-0.1, -0.05) is 59.8 Å². The van der Waals surface area contributed by atoms with Gasteiger partial charge in [-0.15, -0.1) is 0 Å². The maximum Gasteiger partial charge on any atom is 0.169 e. The number of hydrogen-bond acceptors (Lipinski definition) is 3. The summed E-state index contributed by atoms with van der Waals surface area (Å²) >= 11 is 2.68. The van der Waals surface area contributed by atoms with E-state index in [0.717, 1.165) is 44.4 Å². The number of hydrogen-bond donors (Lipinski definition) is 0. The fourth-order valence-corrected chi connectivity index (χ4v) is 6.17. The van der Waals surface area contributed by atoms with Crippen LogP contribution in [0.25, 0.3) is 0 Å². The Bertz CT molecular complexity index is 531. The second-order valence-electron chi connectivity index (χ2n) is 7.52. The highest BCUT2D eigenvalue weighted by atomic mass is 127. The van der Waals surface area contributed by atoms with E-state index < -0.39 is 0 Å². The predicted molar refractivity (Wildman–Crippen MR) is 99.5 cm³/mol. The first-order valence-corrected chi connectivity index (χ1v) is 10.1. The van der Waals surface area contributed by atoms with Crippen LogP contribution in [0.3, 0.4) is 0 Å². The molecule has 126 valence electrons. The van der Waals surface area contributed by atoms with Gasteiger partial charge in [0.15, 0.2) is 5.79 Å². The molecule has 0 unspecified atom stereocenters. The third-order valence-corrected chi connectivity index (χ3v) is 7.21. The van der Waals surface area contributed by atoms with E-state index in [9.17, 15) is 0 Å². The molecule has 0 bridgehead atoms. The Morgan fingerprint density at radius 3 is 2.57 bits per heavy atom. The number of likely N-dealkylation sites (tertiary alicyclic amines) is 1. The highest BCUT2D eigenvalue weighted by molar-refractivity contribution is 14.1. The van der Waals surface area contributed by atoms with Crippen LogP contribution in [0.5, 0.6) is 0 Å². The van der Waals surface area contributed by atoms with Gasteiger partial charge >= 0.3 is 0 Å². The number of benzene rings is 1. The number of halogens is 1. The van der Waals surface area contributed by atoms with Crippen LogP contribution in [0.4, 0.5) is 0 Å². The smallest absolute Gasteiger partial charge is 0.169 e. The van der Waals surface area contributed by atoms with Crippen LogP contribution < -0.4 is 0 Å². The number of ether oxygens (including phenoxy) is 2. The summed E-state index contributed by atoms with van der Waals surface area (Å²) in [7, 11) is 0. The van der Waals surface area contributed by atoms with E-state index >= 15 is 0 Å². The zero-order valence-electron chi connectivity index (χ0n) is 13.8. The highest BCUT2D eigenvalue weighted by Gasteiger charge is 2.51. The molecule has 4 rings (SSSR count). The molecule has 1 spiro atoms. The Kier molecular flexibility index (Phi) is 4.69. The van der Waals surface area contributed by atoms with E-state index in [-0.39, 0.29) is 5.79 Å². The normalized spacial score (nSPS) is 37.0. The van der Waals surface area contributed by atoms with Crippen molar-refractivity contribution in [2.24, 2.45) is 17.8 Å². The minimum atomic E-state index is -0.258. The molecule has 3 aliphatic rings. The summed E-state index contributed by atoms with van der Waals surface area (Å²) in [4.78, 5) is 2.65. The maximum atomic E-state index is 6.03. The van der Waals surface area contributed by atoms with Crippen LogP contribution in [-0.4, -0.2) is 40.9 Å². The van der Waals surface area contributed by atoms with Crippen molar-refractivity contribution in [2.45, 2.75) is 36.0 Å². The third kappa shape index (κ3) is 3.32. The first-order valence-electron chi connectivity index (χ1n) is 8.83. The average molecular weight is 427 g/mol. The Labute approximate surface area is 152 Å². The zero-order chi connectivity index (χ0) is 15.9. The van der Waals surface area contributed by atoms with Gasteiger partial charge in [-0.05, 0) is 23.3 Å². The van der Waals surface area contributed by atoms with Gasteiger partial charge in [-0.25, -0.2) is 0 Å². The molecule has 2 heterocycles. The van der Waals surface area contributed by atoms with E-state index in [4.69, 9.17) is 9.47 Å². The molecular weight excluding hydrogens is 401 g/mol. The molecule has 0 aromatic heterocycles. The van der Waals surface area contributed by atoms with Crippen molar-refractivity contribution in [2.75, 3.05) is 26.3 Å². The van der Waals surface area contributed by atoms with Crippen molar-refractivity contribution in [1.82, 2.24) is 4.90 Å². The summed E-state index contributed by atoms with van der Waals surface area (Å²) in [5.74, 6) is 1.91. The molecule has 1 aromatic rings. The number of piperidine rings is 1. The molecule has 0 N–H and O–H groups in total. The lowest BCUT2D eigenvalue weighted by atomic mass is 9.67. The second kappa shape index (κ2) is 6.62. The van der Waals surface area contributed by atoms with Gasteiger partial charge in [-0.3, -0.25) is 4.90 Å². The minimum absolute atomic E-state index is 0.258. The Morgan fingerprint density at radius 2 is 1.83 bits per heavy atom. The molecule has 23 heavy (non-hydrogen) atoms. The second-order valence-corrected chi connectivity index (χ2v) is 9.12. The molecule has 0 amide bonds. The predicted octanol–water partition coefficient (Wildman–Crippen LogP) is 3.71. The van der Waals surface area contributed by atoms with E-state index in [1.54, 1.807) is 0 Å². The summed E-state index contributed by atoms with van der Waals surface area (Å²) in [6.07, 6.45) is 2.16. The standard InChI is InChI=1S/C19H26INO2/c1-14-9-19(22-7-8-23-19)10-16-17(14)12-21(13-18(16)20)11-15-5-3-2-4-6-15/h2-6,14,16-18H,7-13H2,1H3/t14-,16+,17+,18-/m0/s1. The molecule has 0 radical (unpaired) electrons. The van der Waals surface area contributed by atoms with E-state index in [0.29, 0.717) is 9.84 Å². The summed E-state index contributed by atoms with van der Waals surface area (Å²) in [5, 5.41) is 0. The fraction of sp³-hybridized carbons (Fsp3) is 0.684. The van der Waals surface area contributed by atoms with Gasteiger partial charge in [0.25, 0.3) is 0 Å². The quantitative estimate of drug-likeness (QED) is 0.531. The van der Waals surface area contributed by atoms with E-state index in [2.05, 4.69) is 64.7 Å². The lowest BCUT2D eigenvalue weighted by molar-refractivity contribution is -0.211. The molecular formula is C19H26INO2. The molecule has 1 aromatic carbocycles. The van der Waals surface area contributed by atoms with Crippen molar-refractivity contribution in [3.63, 3.8) is 0 Å². The van der Waals surface area contributed by atoms with Gasteiger partial charge < -0.3 is 9.47 Å². The van der Waals surface area contributed by atoms with Gasteiger partial charge in [-0.2, -0.15) is 0 Å². The van der Waals surface area contributed by atoms with Crippen LogP contribution in [0.15, 0.2) is 30.3 Å². The van der Waals surface area contributed by atoms with Crippen molar-refractivity contribution in [1.29, 1.82) is 0 Å². The van der Waals surface area contributed by atoms with Gasteiger partial charge in [0.05, 0.1) is 13.2 Å². The molecule has 2 saturated heterocycles. The average Bonchev–Trinajstić information content (AvgIpc) is 2.98. The van der Waals surface area contributed by atoms with Crippen LogP contribution in [-0.2, 0) is 16.0 Å². The Balaban J connectivity index is 1.46. The van der Waals surface area contributed by atoms with Gasteiger partial charge in [0, 0.05) is 36.4 Å². The molecule has 3 fully saturated rings. The Morgan fingerprint density at radius 1 is 1.09 bits per heavy atom. The lowest BCUT2D eigenvalue weighted by Gasteiger charge is -2.51. The molecule has 1 saturated carbocycles. The van der Waals surface area contributed by atoms with Gasteiger partial charge in [0.1, 0.15) is 0 Å². The SMILES string of the molecule is C[C@H]1CC2(C[C@@H]3[C@@H]1CN(Cc1ccccc1)C[C@@H]3I)OCCO2. The minimum Gasteiger partial charge on any atom is -0.348 e. The fourth-order valence-electron chi connectivity index (χ4n) is 4.83. The summed E-state index contributed by atoms with van der Waals surface area (Å²) < 4.78 is 12.7. The topological polar surface area (TPSA) is 21.7 Å².